The summed E-state index contributed by atoms with van der Waals surface area (Å²) >= 11 is 0. The first kappa shape index (κ1) is 56.0. The number of hydrogen-bond acceptors (Lipinski definition) is 13. The highest BCUT2D eigenvalue weighted by Crippen LogP contribution is 2.35. The minimum absolute atomic E-state index is 0.0178. The molecule has 2 rings (SSSR count). The molecular weight excluding hydrogens is 847 g/mol. The molecule has 20 heteroatoms. The van der Waals surface area contributed by atoms with E-state index >= 15 is 0 Å². The summed E-state index contributed by atoms with van der Waals surface area (Å²) in [5.41, 5.74) is 5.38. The van der Waals surface area contributed by atoms with Crippen molar-refractivity contribution >= 4 is 53.1 Å². The number of nitrogens with two attached hydrogens (primary N) is 1. The number of nitrogens with zero attached hydrogens (tertiary/aromatic N) is 1. The maximum Gasteiger partial charge on any atom is 0.312 e. The van der Waals surface area contributed by atoms with E-state index in [4.69, 9.17) is 29.4 Å². The maximum absolute atomic E-state index is 13.5. The van der Waals surface area contributed by atoms with Crippen molar-refractivity contribution in [3.63, 3.8) is 0 Å². The molecule has 20 nitrogen and oxygen atoms in total. The van der Waals surface area contributed by atoms with E-state index in [0.29, 0.717) is 38.5 Å². The zero-order valence-corrected chi connectivity index (χ0v) is 39.5. The molecule has 1 fully saturated rings. The molecule has 1 aliphatic heterocycles. The predicted octanol–water partition coefficient (Wildman–Crippen LogP) is 2.17. The highest BCUT2D eigenvalue weighted by Gasteiger charge is 2.44. The Morgan fingerprint density at radius 3 is 1.86 bits per heavy atom. The van der Waals surface area contributed by atoms with Crippen molar-refractivity contribution in [3.8, 4) is 0 Å². The van der Waals surface area contributed by atoms with Crippen molar-refractivity contribution in [2.24, 2.45) is 28.4 Å². The largest absolute Gasteiger partial charge is 0.460 e. The normalized spacial score (nSPS) is 15.0. The fourth-order valence-electron chi connectivity index (χ4n) is 6.19. The van der Waals surface area contributed by atoms with E-state index in [-0.39, 0.29) is 119 Å². The maximum atomic E-state index is 13.5. The Morgan fingerprint density at radius 2 is 1.32 bits per heavy atom. The van der Waals surface area contributed by atoms with Gasteiger partial charge in [-0.15, -0.1) is 0 Å². The minimum atomic E-state index is -1.01. The van der Waals surface area contributed by atoms with E-state index < -0.39 is 41.3 Å². The van der Waals surface area contributed by atoms with Gasteiger partial charge in [0.1, 0.15) is 18.7 Å². The fraction of sp³-hybridized carbons (Fsp3) is 0.689. The lowest BCUT2D eigenvalue weighted by atomic mass is 9.80. The Labute approximate surface area is 382 Å². The Hall–Kier alpha value is -5.18. The summed E-state index contributed by atoms with van der Waals surface area (Å²) in [6.45, 7) is 17.3. The van der Waals surface area contributed by atoms with Crippen molar-refractivity contribution in [1.29, 1.82) is 0 Å². The van der Waals surface area contributed by atoms with Gasteiger partial charge in [0, 0.05) is 44.6 Å². The zero-order valence-electron chi connectivity index (χ0n) is 39.5. The van der Waals surface area contributed by atoms with Gasteiger partial charge in [0.25, 0.3) is 0 Å². The molecule has 1 heterocycles. The second-order valence-electron chi connectivity index (χ2n) is 18.1. The Morgan fingerprint density at radius 1 is 0.738 bits per heavy atom. The summed E-state index contributed by atoms with van der Waals surface area (Å²) in [7, 11) is 0. The third-order valence-electron chi connectivity index (χ3n) is 10.1. The summed E-state index contributed by atoms with van der Waals surface area (Å²) in [6.07, 6.45) is 0.671. The number of hydrogen-bond donors (Lipinski definition) is 6. The number of benzene rings is 1. The van der Waals surface area contributed by atoms with Crippen LogP contribution in [0.5, 0.6) is 0 Å². The van der Waals surface area contributed by atoms with E-state index in [1.165, 1.54) is 4.90 Å². The summed E-state index contributed by atoms with van der Waals surface area (Å²) in [6, 6.07) is 4.04. The van der Waals surface area contributed by atoms with Gasteiger partial charge in [0.2, 0.25) is 35.4 Å². The average Bonchev–Trinajstić information content (AvgIpc) is 3.52. The van der Waals surface area contributed by atoms with Gasteiger partial charge >= 0.3 is 12.0 Å². The number of urea groups is 1. The smallest absolute Gasteiger partial charge is 0.312 e. The zero-order chi connectivity index (χ0) is 48.6. The number of rotatable bonds is 30. The second kappa shape index (κ2) is 28.7. The third kappa shape index (κ3) is 22.5. The second-order valence-corrected chi connectivity index (χ2v) is 18.1. The van der Waals surface area contributed by atoms with Crippen LogP contribution in [0.2, 0.25) is 0 Å². The topological polar surface area (TPSA) is 272 Å². The molecule has 366 valence electrons. The lowest BCUT2D eigenvalue weighted by molar-refractivity contribution is -0.154. The monoisotopic (exact) mass is 920 g/mol. The molecule has 2 unspecified atom stereocenters. The fourth-order valence-corrected chi connectivity index (χ4v) is 6.19. The molecule has 8 amide bonds. The molecule has 1 aromatic rings. The van der Waals surface area contributed by atoms with E-state index in [1.807, 2.05) is 20.8 Å². The molecule has 0 aliphatic carbocycles. The molecule has 0 saturated carbocycles. The quantitative estimate of drug-likeness (QED) is 0.0368. The van der Waals surface area contributed by atoms with Gasteiger partial charge in [-0.05, 0) is 62.6 Å². The molecule has 0 radical (unpaired) electrons. The van der Waals surface area contributed by atoms with E-state index in [9.17, 15) is 38.4 Å². The van der Waals surface area contributed by atoms with Gasteiger partial charge in [-0.25, -0.2) is 4.79 Å². The standard InChI is InChI=1S/C45H73N7O13/c1-30(2)38(40(57)50-34(10-9-17-48-43(46)60)39(56)49-32-13-11-31(12-14-32)29-65-42(59)45(6,7)8)51-36(54)16-20-61-22-24-63-26-27-64-25-23-62-21-18-47-35(53)15-19-52-37(55)28-33(41(52)58)44(3,4)5/h11-14,30,33-34,38H,9-10,15-29H2,1-8H3,(H,47,53)(H,49,56)(H,50,57)(H,51,54)(H3,46,48,60)/t33?,34-,38?/m0/s1. The van der Waals surface area contributed by atoms with Gasteiger partial charge in [-0.3, -0.25) is 38.5 Å². The summed E-state index contributed by atoms with van der Waals surface area (Å²) in [5, 5.41) is 13.4. The lowest BCUT2D eigenvalue weighted by Gasteiger charge is -2.25. The van der Waals surface area contributed by atoms with Crippen LogP contribution < -0.4 is 32.3 Å². The van der Waals surface area contributed by atoms with E-state index in [0.717, 1.165) is 5.56 Å². The first-order valence-corrected chi connectivity index (χ1v) is 22.2. The Kier molecular flexibility index (Phi) is 24.7. The average molecular weight is 920 g/mol. The number of carbonyl (C=O) groups is 8. The van der Waals surface area contributed by atoms with Gasteiger partial charge in [-0.1, -0.05) is 46.8 Å². The number of carbonyl (C=O) groups excluding carboxylic acids is 8. The first-order valence-electron chi connectivity index (χ1n) is 22.2. The number of likely N-dealkylation sites (tertiary alicyclic amines) is 1. The van der Waals surface area contributed by atoms with Crippen LogP contribution in [0.25, 0.3) is 0 Å². The summed E-state index contributed by atoms with van der Waals surface area (Å²) in [5.74, 6) is -3.25. The number of ether oxygens (including phenoxy) is 5. The molecule has 1 aromatic carbocycles. The number of esters is 1. The first-order chi connectivity index (χ1) is 30.6. The van der Waals surface area contributed by atoms with E-state index in [1.54, 1.807) is 58.9 Å². The van der Waals surface area contributed by atoms with Crippen molar-refractivity contribution < 1.29 is 62.0 Å². The van der Waals surface area contributed by atoms with E-state index in [2.05, 4.69) is 26.6 Å². The third-order valence-corrected chi connectivity index (χ3v) is 10.1. The molecule has 7 N–H and O–H groups in total. The Balaban J connectivity index is 1.62. The van der Waals surface area contributed by atoms with Crippen molar-refractivity contribution in [3.05, 3.63) is 29.8 Å². The highest BCUT2D eigenvalue weighted by molar-refractivity contribution is 6.04. The minimum Gasteiger partial charge on any atom is -0.460 e. The van der Waals surface area contributed by atoms with Crippen LogP contribution >= 0.6 is 0 Å². The number of imide groups is 1. The molecule has 0 spiro atoms. The molecule has 0 bridgehead atoms. The SMILES string of the molecule is CC(C)C(NC(=O)CCOCCOCCOCCOCCNC(=O)CCN1C(=O)CC(C(C)(C)C)C1=O)C(=O)N[C@@H](CCCNC(N)=O)C(=O)Nc1ccc(COC(=O)C(C)(C)C)cc1. The Bertz CT molecular complexity index is 1710. The van der Waals surface area contributed by atoms with Crippen LogP contribution in [0.1, 0.15) is 93.1 Å². The molecule has 0 aromatic heterocycles. The molecule has 3 atom stereocenters. The predicted molar refractivity (Wildman–Crippen MR) is 240 cm³/mol. The van der Waals surface area contributed by atoms with Crippen LogP contribution in [0.4, 0.5) is 10.5 Å². The van der Waals surface area contributed by atoms with Crippen molar-refractivity contribution in [1.82, 2.24) is 26.2 Å². The lowest BCUT2D eigenvalue weighted by Crippen LogP contribution is -2.54. The van der Waals surface area contributed by atoms with Crippen LogP contribution in [0, 0.1) is 22.7 Å². The van der Waals surface area contributed by atoms with Crippen LogP contribution in [0.3, 0.4) is 0 Å². The number of nitrogens with one attached hydrogen (secondary N) is 5. The molecule has 1 saturated heterocycles. The molecule has 65 heavy (non-hydrogen) atoms. The molecular formula is C45H73N7O13. The summed E-state index contributed by atoms with van der Waals surface area (Å²) in [4.78, 5) is 101. The number of amides is 8. The van der Waals surface area contributed by atoms with Gasteiger partial charge < -0.3 is 56.0 Å². The number of primary amides is 1. The van der Waals surface area contributed by atoms with Gasteiger partial charge in [0.15, 0.2) is 0 Å². The summed E-state index contributed by atoms with van der Waals surface area (Å²) < 4.78 is 27.3. The van der Waals surface area contributed by atoms with Crippen LogP contribution in [0.15, 0.2) is 24.3 Å². The van der Waals surface area contributed by atoms with Crippen molar-refractivity contribution in [2.45, 2.75) is 106 Å². The van der Waals surface area contributed by atoms with Crippen molar-refractivity contribution in [2.75, 3.05) is 77.8 Å². The number of anilines is 1. The van der Waals surface area contributed by atoms with Crippen LogP contribution in [-0.2, 0) is 63.9 Å². The van der Waals surface area contributed by atoms with Gasteiger partial charge in [-0.2, -0.15) is 0 Å². The highest BCUT2D eigenvalue weighted by atomic mass is 16.6. The van der Waals surface area contributed by atoms with Gasteiger partial charge in [0.05, 0.1) is 64.2 Å². The molecule has 1 aliphatic rings. The van der Waals surface area contributed by atoms with Crippen LogP contribution in [-0.4, -0.2) is 137 Å².